The first kappa shape index (κ1) is 12.1. The highest BCUT2D eigenvalue weighted by Crippen LogP contribution is 2.12. The van der Waals surface area contributed by atoms with E-state index in [4.69, 9.17) is 5.73 Å². The van der Waals surface area contributed by atoms with Crippen LogP contribution >= 0.6 is 11.3 Å². The smallest absolute Gasteiger partial charge is 0.263 e. The third-order valence-electron chi connectivity index (χ3n) is 2.22. The van der Waals surface area contributed by atoms with E-state index in [2.05, 4.69) is 10.3 Å². The third kappa shape index (κ3) is 3.28. The van der Waals surface area contributed by atoms with Crippen molar-refractivity contribution >= 4 is 17.2 Å². The Morgan fingerprint density at radius 2 is 2.33 bits per heavy atom. The van der Waals surface area contributed by atoms with Crippen LogP contribution < -0.4 is 11.1 Å². The van der Waals surface area contributed by atoms with E-state index in [1.165, 1.54) is 11.3 Å². The van der Waals surface area contributed by atoms with Gasteiger partial charge in [0.1, 0.15) is 4.88 Å². The number of amides is 1. The van der Waals surface area contributed by atoms with Gasteiger partial charge in [-0.1, -0.05) is 13.8 Å². The second kappa shape index (κ2) is 5.23. The van der Waals surface area contributed by atoms with Crippen LogP contribution in [0.5, 0.6) is 0 Å². The number of rotatable bonds is 4. The van der Waals surface area contributed by atoms with Crippen LogP contribution in [0.2, 0.25) is 0 Å². The van der Waals surface area contributed by atoms with Crippen LogP contribution in [0, 0.1) is 12.8 Å². The summed E-state index contributed by atoms with van der Waals surface area (Å²) in [6, 6.07) is 0.0277. The Balaban J connectivity index is 2.62. The molecular formula is C10H17N3OS. The molecule has 84 valence electrons. The van der Waals surface area contributed by atoms with Crippen molar-refractivity contribution in [3.05, 3.63) is 16.1 Å². The largest absolute Gasteiger partial charge is 0.347 e. The maximum atomic E-state index is 11.7. The average molecular weight is 227 g/mol. The molecule has 0 aliphatic carbocycles. The van der Waals surface area contributed by atoms with Crippen LogP contribution in [0.3, 0.4) is 0 Å². The number of aromatic nitrogens is 1. The van der Waals surface area contributed by atoms with Gasteiger partial charge in [-0.15, -0.1) is 11.3 Å². The van der Waals surface area contributed by atoms with Crippen molar-refractivity contribution in [3.63, 3.8) is 0 Å². The average Bonchev–Trinajstić information content (AvgIpc) is 2.60. The second-order valence-corrected chi connectivity index (χ2v) is 5.04. The molecule has 0 aliphatic rings. The lowest BCUT2D eigenvalue weighted by atomic mass is 10.0. The first-order valence-corrected chi connectivity index (χ1v) is 5.79. The highest BCUT2D eigenvalue weighted by Gasteiger charge is 2.16. The minimum atomic E-state index is -0.0789. The van der Waals surface area contributed by atoms with Gasteiger partial charge in [-0.05, 0) is 12.8 Å². The molecule has 1 unspecified atom stereocenters. The molecule has 1 heterocycles. The Morgan fingerprint density at radius 3 is 2.73 bits per heavy atom. The molecule has 0 aromatic carbocycles. The fraction of sp³-hybridized carbons (Fsp3) is 0.600. The molecule has 5 heteroatoms. The molecule has 0 bridgehead atoms. The summed E-state index contributed by atoms with van der Waals surface area (Å²) in [5.41, 5.74) is 5.58. The first-order chi connectivity index (χ1) is 7.04. The maximum Gasteiger partial charge on any atom is 0.263 e. The molecule has 1 aromatic heterocycles. The normalized spacial score (nSPS) is 12.9. The summed E-state index contributed by atoms with van der Waals surface area (Å²) < 4.78 is 0. The van der Waals surface area contributed by atoms with Crippen LogP contribution in [0.4, 0.5) is 0 Å². The summed E-state index contributed by atoms with van der Waals surface area (Å²) in [5, 5.41) is 3.80. The number of nitrogens with two attached hydrogens (primary N) is 1. The molecule has 0 radical (unpaired) electrons. The zero-order valence-corrected chi connectivity index (χ0v) is 10.1. The van der Waals surface area contributed by atoms with Gasteiger partial charge in [0.05, 0.1) is 11.2 Å². The zero-order valence-electron chi connectivity index (χ0n) is 9.28. The minimum absolute atomic E-state index is 0.0277. The summed E-state index contributed by atoms with van der Waals surface area (Å²) in [4.78, 5) is 16.4. The van der Waals surface area contributed by atoms with Crippen molar-refractivity contribution in [2.75, 3.05) is 6.54 Å². The molecule has 1 amide bonds. The number of hydrogen-bond acceptors (Lipinski definition) is 4. The van der Waals surface area contributed by atoms with Gasteiger partial charge in [-0.25, -0.2) is 4.98 Å². The molecule has 0 aliphatic heterocycles. The minimum Gasteiger partial charge on any atom is -0.347 e. The predicted molar refractivity (Wildman–Crippen MR) is 62.0 cm³/mol. The van der Waals surface area contributed by atoms with Crippen molar-refractivity contribution in [1.82, 2.24) is 10.3 Å². The third-order valence-corrected chi connectivity index (χ3v) is 3.13. The molecule has 1 rings (SSSR count). The molecule has 0 spiro atoms. The van der Waals surface area contributed by atoms with Crippen LogP contribution in [0.15, 0.2) is 6.20 Å². The SMILES string of the molecule is Cc1ncc(C(=O)NC(CN)C(C)C)s1. The topological polar surface area (TPSA) is 68.0 Å². The monoisotopic (exact) mass is 227 g/mol. The summed E-state index contributed by atoms with van der Waals surface area (Å²) in [6.45, 7) is 6.41. The highest BCUT2D eigenvalue weighted by atomic mass is 32.1. The van der Waals surface area contributed by atoms with Crippen LogP contribution in [-0.2, 0) is 0 Å². The van der Waals surface area contributed by atoms with Crippen molar-refractivity contribution in [3.8, 4) is 0 Å². The van der Waals surface area contributed by atoms with Gasteiger partial charge < -0.3 is 11.1 Å². The summed E-state index contributed by atoms with van der Waals surface area (Å²) in [7, 11) is 0. The summed E-state index contributed by atoms with van der Waals surface area (Å²) in [5.74, 6) is 0.262. The highest BCUT2D eigenvalue weighted by molar-refractivity contribution is 7.13. The molecule has 0 fully saturated rings. The van der Waals surface area contributed by atoms with Gasteiger partial charge in [0.15, 0.2) is 0 Å². The number of aryl methyl sites for hydroxylation is 1. The first-order valence-electron chi connectivity index (χ1n) is 4.98. The Bertz CT molecular complexity index is 335. The molecule has 15 heavy (non-hydrogen) atoms. The number of carbonyl (C=O) groups excluding carboxylic acids is 1. The Labute approximate surface area is 93.9 Å². The van der Waals surface area contributed by atoms with Crippen LogP contribution in [-0.4, -0.2) is 23.5 Å². The van der Waals surface area contributed by atoms with E-state index in [0.717, 1.165) is 5.01 Å². The fourth-order valence-corrected chi connectivity index (χ4v) is 1.88. The molecular weight excluding hydrogens is 210 g/mol. The fourth-order valence-electron chi connectivity index (χ4n) is 1.20. The number of nitrogens with zero attached hydrogens (tertiary/aromatic N) is 1. The maximum absolute atomic E-state index is 11.7. The van der Waals surface area contributed by atoms with E-state index in [-0.39, 0.29) is 11.9 Å². The Hall–Kier alpha value is -0.940. The van der Waals surface area contributed by atoms with Gasteiger partial charge >= 0.3 is 0 Å². The summed E-state index contributed by atoms with van der Waals surface area (Å²) in [6.07, 6.45) is 1.60. The number of thiazole rings is 1. The quantitative estimate of drug-likeness (QED) is 0.811. The van der Waals surface area contributed by atoms with E-state index in [1.807, 2.05) is 20.8 Å². The second-order valence-electron chi connectivity index (χ2n) is 3.80. The number of carbonyl (C=O) groups is 1. The van der Waals surface area contributed by atoms with Crippen molar-refractivity contribution < 1.29 is 4.79 Å². The van der Waals surface area contributed by atoms with Crippen molar-refractivity contribution in [2.45, 2.75) is 26.8 Å². The van der Waals surface area contributed by atoms with Gasteiger partial charge in [-0.3, -0.25) is 4.79 Å². The van der Waals surface area contributed by atoms with E-state index < -0.39 is 0 Å². The lowest BCUT2D eigenvalue weighted by molar-refractivity contribution is 0.0931. The van der Waals surface area contributed by atoms with Gasteiger partial charge in [-0.2, -0.15) is 0 Å². The number of nitrogens with one attached hydrogen (secondary N) is 1. The number of hydrogen-bond donors (Lipinski definition) is 2. The zero-order chi connectivity index (χ0) is 11.4. The molecule has 1 atom stereocenters. The standard InChI is InChI=1S/C10H17N3OS/c1-6(2)8(4-11)13-10(14)9-5-12-7(3)15-9/h5-6,8H,4,11H2,1-3H3,(H,13,14). The van der Waals surface area contributed by atoms with Crippen LogP contribution in [0.1, 0.15) is 28.5 Å². The van der Waals surface area contributed by atoms with E-state index >= 15 is 0 Å². The molecule has 0 saturated carbocycles. The van der Waals surface area contributed by atoms with E-state index in [9.17, 15) is 4.79 Å². The summed E-state index contributed by atoms with van der Waals surface area (Å²) >= 11 is 1.40. The van der Waals surface area contributed by atoms with Gasteiger partial charge in [0, 0.05) is 12.6 Å². The van der Waals surface area contributed by atoms with Gasteiger partial charge in [0.25, 0.3) is 5.91 Å². The van der Waals surface area contributed by atoms with E-state index in [1.54, 1.807) is 6.20 Å². The molecule has 0 saturated heterocycles. The molecule has 4 nitrogen and oxygen atoms in total. The predicted octanol–water partition coefficient (Wildman–Crippen LogP) is 1.16. The Morgan fingerprint density at radius 1 is 1.67 bits per heavy atom. The molecule has 3 N–H and O–H groups in total. The lowest BCUT2D eigenvalue weighted by Gasteiger charge is -2.19. The Kier molecular flexibility index (Phi) is 4.23. The van der Waals surface area contributed by atoms with Gasteiger partial charge in [0.2, 0.25) is 0 Å². The van der Waals surface area contributed by atoms with Crippen molar-refractivity contribution in [2.24, 2.45) is 11.7 Å². The lowest BCUT2D eigenvalue weighted by Crippen LogP contribution is -2.43. The van der Waals surface area contributed by atoms with Crippen molar-refractivity contribution in [1.29, 1.82) is 0 Å². The van der Waals surface area contributed by atoms with E-state index in [0.29, 0.717) is 17.3 Å². The molecule has 1 aromatic rings. The van der Waals surface area contributed by atoms with Crippen LogP contribution in [0.25, 0.3) is 0 Å².